The molecule has 19 heavy (non-hydrogen) atoms. The predicted molar refractivity (Wildman–Crippen MR) is 73.4 cm³/mol. The Kier molecular flexibility index (Phi) is 3.08. The Balaban J connectivity index is 1.79. The average Bonchev–Trinajstić information content (AvgIpc) is 2.91. The lowest BCUT2D eigenvalue weighted by molar-refractivity contribution is 0.102. The molecule has 0 radical (unpaired) electrons. The molecule has 1 amide bonds. The van der Waals surface area contributed by atoms with Crippen LogP contribution in [-0.2, 0) is 20.0 Å². The topological polar surface area (TPSA) is 71.8 Å². The molecule has 0 atom stereocenters. The molecule has 0 aliphatic carbocycles. The number of anilines is 1. The van der Waals surface area contributed by atoms with E-state index in [1.165, 1.54) is 16.2 Å². The van der Waals surface area contributed by atoms with Gasteiger partial charge in [-0.05, 0) is 6.92 Å². The summed E-state index contributed by atoms with van der Waals surface area (Å²) >= 11 is 1.54. The summed E-state index contributed by atoms with van der Waals surface area (Å²) in [5.74, 6) is -0.148. The van der Waals surface area contributed by atoms with Crippen LogP contribution in [0.1, 0.15) is 26.6 Å². The molecule has 0 bridgehead atoms. The van der Waals surface area contributed by atoms with Crippen molar-refractivity contribution in [1.82, 2.24) is 20.1 Å². The van der Waals surface area contributed by atoms with Crippen LogP contribution in [0.2, 0.25) is 0 Å². The van der Waals surface area contributed by atoms with Gasteiger partial charge in [0.1, 0.15) is 0 Å². The summed E-state index contributed by atoms with van der Waals surface area (Å²) in [5, 5.41) is 11.0. The lowest BCUT2D eigenvalue weighted by atomic mass is 10.2. The van der Waals surface area contributed by atoms with Crippen LogP contribution < -0.4 is 10.6 Å². The number of thiazole rings is 1. The number of aromatic nitrogens is 3. The van der Waals surface area contributed by atoms with Gasteiger partial charge in [0.2, 0.25) is 0 Å². The SMILES string of the molecule is Cc1nn(C)cc1C(=O)Nc1nc2c(s1)CNCC2. The Morgan fingerprint density at radius 2 is 2.42 bits per heavy atom. The molecular weight excluding hydrogens is 262 g/mol. The molecule has 0 spiro atoms. The second-order valence-electron chi connectivity index (χ2n) is 4.57. The summed E-state index contributed by atoms with van der Waals surface area (Å²) in [4.78, 5) is 17.8. The quantitative estimate of drug-likeness (QED) is 0.861. The van der Waals surface area contributed by atoms with E-state index in [1.54, 1.807) is 17.9 Å². The molecule has 0 aromatic carbocycles. The number of rotatable bonds is 2. The first-order valence-corrected chi connectivity index (χ1v) is 6.96. The zero-order valence-corrected chi connectivity index (χ0v) is 11.7. The summed E-state index contributed by atoms with van der Waals surface area (Å²) < 4.78 is 1.64. The number of aryl methyl sites for hydroxylation is 2. The van der Waals surface area contributed by atoms with Gasteiger partial charge in [0, 0.05) is 37.6 Å². The van der Waals surface area contributed by atoms with E-state index in [0.29, 0.717) is 10.7 Å². The molecular formula is C12H15N5OS. The number of hydrogen-bond donors (Lipinski definition) is 2. The fraction of sp³-hybridized carbons (Fsp3) is 0.417. The number of amides is 1. The molecule has 3 heterocycles. The van der Waals surface area contributed by atoms with Crippen LogP contribution in [0.3, 0.4) is 0 Å². The van der Waals surface area contributed by atoms with Crippen molar-refractivity contribution in [2.24, 2.45) is 7.05 Å². The van der Waals surface area contributed by atoms with E-state index in [2.05, 4.69) is 20.7 Å². The highest BCUT2D eigenvalue weighted by Gasteiger charge is 2.18. The molecule has 3 rings (SSSR count). The molecule has 1 aliphatic heterocycles. The molecule has 0 fully saturated rings. The normalized spacial score (nSPS) is 14.2. The number of nitrogens with zero attached hydrogens (tertiary/aromatic N) is 3. The van der Waals surface area contributed by atoms with E-state index in [9.17, 15) is 4.79 Å². The average molecular weight is 277 g/mol. The lowest BCUT2D eigenvalue weighted by Crippen LogP contribution is -2.22. The van der Waals surface area contributed by atoms with Gasteiger partial charge in [0.05, 0.1) is 17.0 Å². The van der Waals surface area contributed by atoms with E-state index in [4.69, 9.17) is 0 Å². The number of nitrogens with one attached hydrogen (secondary N) is 2. The maximum absolute atomic E-state index is 12.1. The molecule has 2 aromatic heterocycles. The van der Waals surface area contributed by atoms with Gasteiger partial charge in [-0.1, -0.05) is 0 Å². The molecule has 2 N–H and O–H groups in total. The third-order valence-corrected chi connectivity index (χ3v) is 4.09. The van der Waals surface area contributed by atoms with Gasteiger partial charge in [-0.3, -0.25) is 14.8 Å². The second kappa shape index (κ2) is 4.75. The van der Waals surface area contributed by atoms with Crippen molar-refractivity contribution < 1.29 is 4.79 Å². The Labute approximate surface area is 114 Å². The largest absolute Gasteiger partial charge is 0.311 e. The van der Waals surface area contributed by atoms with Crippen molar-refractivity contribution in [1.29, 1.82) is 0 Å². The zero-order chi connectivity index (χ0) is 13.4. The summed E-state index contributed by atoms with van der Waals surface area (Å²) in [6.07, 6.45) is 2.65. The van der Waals surface area contributed by atoms with Crippen molar-refractivity contribution in [2.45, 2.75) is 19.9 Å². The van der Waals surface area contributed by atoms with Crippen LogP contribution in [-0.4, -0.2) is 27.2 Å². The van der Waals surface area contributed by atoms with Gasteiger partial charge in [-0.25, -0.2) is 4.98 Å². The first-order valence-electron chi connectivity index (χ1n) is 6.14. The highest BCUT2D eigenvalue weighted by molar-refractivity contribution is 7.15. The van der Waals surface area contributed by atoms with Crippen molar-refractivity contribution >= 4 is 22.4 Å². The Morgan fingerprint density at radius 1 is 1.58 bits per heavy atom. The maximum Gasteiger partial charge on any atom is 0.260 e. The minimum Gasteiger partial charge on any atom is -0.311 e. The Hall–Kier alpha value is -1.73. The van der Waals surface area contributed by atoms with Crippen LogP contribution in [0, 0.1) is 6.92 Å². The van der Waals surface area contributed by atoms with Crippen LogP contribution in [0.4, 0.5) is 5.13 Å². The predicted octanol–water partition coefficient (Wildman–Crippen LogP) is 1.08. The highest BCUT2D eigenvalue weighted by atomic mass is 32.1. The van der Waals surface area contributed by atoms with Gasteiger partial charge < -0.3 is 5.32 Å². The monoisotopic (exact) mass is 277 g/mol. The molecule has 0 saturated carbocycles. The number of carbonyl (C=O) groups is 1. The van der Waals surface area contributed by atoms with E-state index in [-0.39, 0.29) is 5.91 Å². The summed E-state index contributed by atoms with van der Waals surface area (Å²) in [6, 6.07) is 0. The summed E-state index contributed by atoms with van der Waals surface area (Å²) in [6.45, 7) is 3.62. The molecule has 0 unspecified atom stereocenters. The van der Waals surface area contributed by atoms with E-state index in [1.807, 2.05) is 6.92 Å². The third kappa shape index (κ3) is 2.39. The standard InChI is InChI=1S/C12H15N5OS/c1-7-8(6-17(2)16-7)11(18)15-12-14-9-3-4-13-5-10(9)19-12/h6,13H,3-5H2,1-2H3,(H,14,15,18). The van der Waals surface area contributed by atoms with Crippen molar-refractivity contribution in [2.75, 3.05) is 11.9 Å². The number of fused-ring (bicyclic) bond motifs is 1. The van der Waals surface area contributed by atoms with Gasteiger partial charge in [-0.15, -0.1) is 11.3 Å². The molecule has 1 aliphatic rings. The van der Waals surface area contributed by atoms with Gasteiger partial charge in [-0.2, -0.15) is 5.10 Å². The van der Waals surface area contributed by atoms with E-state index in [0.717, 1.165) is 30.9 Å². The third-order valence-electron chi connectivity index (χ3n) is 3.08. The Bertz CT molecular complexity index is 607. The van der Waals surface area contributed by atoms with Crippen molar-refractivity contribution in [3.63, 3.8) is 0 Å². The van der Waals surface area contributed by atoms with Gasteiger partial charge >= 0.3 is 0 Å². The van der Waals surface area contributed by atoms with Gasteiger partial charge in [0.15, 0.2) is 5.13 Å². The van der Waals surface area contributed by atoms with Crippen LogP contribution >= 0.6 is 11.3 Å². The fourth-order valence-corrected chi connectivity index (χ4v) is 3.14. The molecule has 0 saturated heterocycles. The van der Waals surface area contributed by atoms with E-state index >= 15 is 0 Å². The first kappa shape index (κ1) is 12.3. The van der Waals surface area contributed by atoms with Gasteiger partial charge in [0.25, 0.3) is 5.91 Å². The van der Waals surface area contributed by atoms with Crippen molar-refractivity contribution in [3.8, 4) is 0 Å². The fourth-order valence-electron chi connectivity index (χ4n) is 2.17. The number of hydrogen-bond acceptors (Lipinski definition) is 5. The molecule has 7 heteroatoms. The van der Waals surface area contributed by atoms with E-state index < -0.39 is 0 Å². The lowest BCUT2D eigenvalue weighted by Gasteiger charge is -2.09. The zero-order valence-electron chi connectivity index (χ0n) is 10.9. The number of carbonyl (C=O) groups excluding carboxylic acids is 1. The minimum atomic E-state index is -0.148. The first-order chi connectivity index (χ1) is 9.13. The molecule has 100 valence electrons. The van der Waals surface area contributed by atoms with Crippen LogP contribution in [0.25, 0.3) is 0 Å². The van der Waals surface area contributed by atoms with Crippen LogP contribution in [0.15, 0.2) is 6.20 Å². The van der Waals surface area contributed by atoms with Crippen LogP contribution in [0.5, 0.6) is 0 Å². The smallest absolute Gasteiger partial charge is 0.260 e. The maximum atomic E-state index is 12.1. The summed E-state index contributed by atoms with van der Waals surface area (Å²) in [7, 11) is 1.80. The Morgan fingerprint density at radius 3 is 3.11 bits per heavy atom. The van der Waals surface area contributed by atoms with Crippen molar-refractivity contribution in [3.05, 3.63) is 28.0 Å². The minimum absolute atomic E-state index is 0.148. The molecule has 6 nitrogen and oxygen atoms in total. The molecule has 2 aromatic rings. The second-order valence-corrected chi connectivity index (χ2v) is 5.66. The summed E-state index contributed by atoms with van der Waals surface area (Å²) in [5.41, 5.74) is 2.42. The highest BCUT2D eigenvalue weighted by Crippen LogP contribution is 2.25.